The molecule has 2 aromatic rings. The number of carbonyl (C=O) groups is 1. The van der Waals surface area contributed by atoms with E-state index in [1.54, 1.807) is 24.0 Å². The van der Waals surface area contributed by atoms with Crippen LogP contribution in [0.15, 0.2) is 47.4 Å². The quantitative estimate of drug-likeness (QED) is 0.694. The summed E-state index contributed by atoms with van der Waals surface area (Å²) in [6.45, 7) is 7.96. The Morgan fingerprint density at radius 1 is 1.21 bits per heavy atom. The maximum absolute atomic E-state index is 13.2. The number of sulfonamides is 1. The molecule has 1 amide bonds. The van der Waals surface area contributed by atoms with Crippen molar-refractivity contribution in [2.75, 3.05) is 24.6 Å². The standard InChI is InChI=1S/C22H28N2O4S/c1-5-23(29(26,27)19-11-12-21(28-6-2)16(3)13-19)15-22(25)24-17(4)14-18-9-7-8-10-20(18)24/h7-13,17H,5-6,14-15H2,1-4H3/t17-/m1/s1. The first-order chi connectivity index (χ1) is 13.8. The first kappa shape index (κ1) is 21.3. The summed E-state index contributed by atoms with van der Waals surface area (Å²) in [4.78, 5) is 15.0. The van der Waals surface area contributed by atoms with Gasteiger partial charge in [-0.1, -0.05) is 25.1 Å². The van der Waals surface area contributed by atoms with E-state index in [1.807, 2.05) is 45.0 Å². The minimum atomic E-state index is -3.79. The molecule has 7 heteroatoms. The fourth-order valence-electron chi connectivity index (χ4n) is 3.79. The molecule has 2 aromatic carbocycles. The van der Waals surface area contributed by atoms with Crippen LogP contribution in [0.4, 0.5) is 5.69 Å². The molecule has 0 bridgehead atoms. The minimum Gasteiger partial charge on any atom is -0.494 e. The summed E-state index contributed by atoms with van der Waals surface area (Å²) in [7, 11) is -3.79. The van der Waals surface area contributed by atoms with Crippen LogP contribution in [0.1, 0.15) is 31.9 Å². The second kappa shape index (κ2) is 8.55. The smallest absolute Gasteiger partial charge is 0.243 e. The average Bonchev–Trinajstić information content (AvgIpc) is 3.03. The molecule has 0 saturated heterocycles. The van der Waals surface area contributed by atoms with E-state index in [9.17, 15) is 13.2 Å². The summed E-state index contributed by atoms with van der Waals surface area (Å²) >= 11 is 0. The lowest BCUT2D eigenvalue weighted by Gasteiger charge is -2.27. The predicted octanol–water partition coefficient (Wildman–Crippen LogP) is 3.38. The zero-order valence-corrected chi connectivity index (χ0v) is 18.2. The summed E-state index contributed by atoms with van der Waals surface area (Å²) < 4.78 is 33.1. The first-order valence-electron chi connectivity index (χ1n) is 9.93. The third kappa shape index (κ3) is 4.16. The molecular weight excluding hydrogens is 388 g/mol. The molecule has 0 radical (unpaired) electrons. The van der Waals surface area contributed by atoms with E-state index in [-0.39, 0.29) is 29.9 Å². The van der Waals surface area contributed by atoms with E-state index < -0.39 is 10.0 Å². The largest absolute Gasteiger partial charge is 0.494 e. The SMILES string of the molecule is CCOc1ccc(S(=O)(=O)N(CC)CC(=O)N2c3ccccc3C[C@H]2C)cc1C. The number of amides is 1. The maximum atomic E-state index is 13.2. The zero-order valence-electron chi connectivity index (χ0n) is 17.4. The van der Waals surface area contributed by atoms with Crippen LogP contribution in [0, 0.1) is 6.92 Å². The van der Waals surface area contributed by atoms with Crippen molar-refractivity contribution in [2.45, 2.75) is 45.1 Å². The third-order valence-corrected chi connectivity index (χ3v) is 7.14. The van der Waals surface area contributed by atoms with Gasteiger partial charge < -0.3 is 9.64 Å². The lowest BCUT2D eigenvalue weighted by atomic mass is 10.1. The Bertz CT molecular complexity index is 1000. The Hall–Kier alpha value is -2.38. The normalized spacial score (nSPS) is 16.2. The zero-order chi connectivity index (χ0) is 21.2. The number of benzene rings is 2. The Morgan fingerprint density at radius 3 is 2.59 bits per heavy atom. The van der Waals surface area contributed by atoms with Crippen LogP contribution in [0.5, 0.6) is 5.75 Å². The number of aryl methyl sites for hydroxylation is 1. The number of rotatable bonds is 7. The van der Waals surface area contributed by atoms with Gasteiger partial charge in [0.15, 0.2) is 0 Å². The van der Waals surface area contributed by atoms with Crippen molar-refractivity contribution in [2.24, 2.45) is 0 Å². The molecule has 156 valence electrons. The highest BCUT2D eigenvalue weighted by molar-refractivity contribution is 7.89. The van der Waals surface area contributed by atoms with Crippen molar-refractivity contribution in [1.29, 1.82) is 0 Å². The summed E-state index contributed by atoms with van der Waals surface area (Å²) in [5.74, 6) is 0.448. The molecule has 1 aliphatic heterocycles. The van der Waals surface area contributed by atoms with Crippen molar-refractivity contribution in [3.63, 3.8) is 0 Å². The first-order valence-corrected chi connectivity index (χ1v) is 11.4. The topological polar surface area (TPSA) is 66.9 Å². The van der Waals surface area contributed by atoms with Gasteiger partial charge in [0.1, 0.15) is 5.75 Å². The lowest BCUT2D eigenvalue weighted by molar-refractivity contribution is -0.119. The number of hydrogen-bond donors (Lipinski definition) is 0. The molecule has 1 heterocycles. The van der Waals surface area contributed by atoms with Crippen molar-refractivity contribution < 1.29 is 17.9 Å². The van der Waals surface area contributed by atoms with E-state index in [2.05, 4.69) is 0 Å². The van der Waals surface area contributed by atoms with Gasteiger partial charge in [0.25, 0.3) is 0 Å². The number of anilines is 1. The second-order valence-electron chi connectivity index (χ2n) is 7.24. The molecule has 6 nitrogen and oxygen atoms in total. The van der Waals surface area contributed by atoms with E-state index in [4.69, 9.17) is 4.74 Å². The summed E-state index contributed by atoms with van der Waals surface area (Å²) in [5, 5.41) is 0. The van der Waals surface area contributed by atoms with Crippen LogP contribution >= 0.6 is 0 Å². The van der Waals surface area contributed by atoms with Crippen LogP contribution in [-0.2, 0) is 21.2 Å². The summed E-state index contributed by atoms with van der Waals surface area (Å²) in [6, 6.07) is 12.6. The van der Waals surface area contributed by atoms with Gasteiger partial charge in [-0.25, -0.2) is 8.42 Å². The number of likely N-dealkylation sites (N-methyl/N-ethyl adjacent to an activating group) is 1. The molecule has 0 N–H and O–H groups in total. The number of ether oxygens (including phenoxy) is 1. The van der Waals surface area contributed by atoms with Gasteiger partial charge in [0, 0.05) is 18.3 Å². The van der Waals surface area contributed by atoms with Crippen LogP contribution in [0.3, 0.4) is 0 Å². The highest BCUT2D eigenvalue weighted by atomic mass is 32.2. The van der Waals surface area contributed by atoms with Gasteiger partial charge in [0.05, 0.1) is 18.0 Å². The number of fused-ring (bicyclic) bond motifs is 1. The fourth-order valence-corrected chi connectivity index (χ4v) is 5.27. The summed E-state index contributed by atoms with van der Waals surface area (Å²) in [5.41, 5.74) is 2.73. The molecule has 1 aliphatic rings. The second-order valence-corrected chi connectivity index (χ2v) is 9.18. The van der Waals surface area contributed by atoms with Crippen molar-refractivity contribution >= 4 is 21.6 Å². The molecule has 1 atom stereocenters. The van der Waals surface area contributed by atoms with Crippen LogP contribution in [-0.4, -0.2) is 44.4 Å². The molecular formula is C22H28N2O4S. The van der Waals surface area contributed by atoms with Crippen molar-refractivity contribution in [3.8, 4) is 5.75 Å². The van der Waals surface area contributed by atoms with Gasteiger partial charge in [-0.05, 0) is 62.6 Å². The highest BCUT2D eigenvalue weighted by Crippen LogP contribution is 2.32. The minimum absolute atomic E-state index is 0.00836. The molecule has 3 rings (SSSR count). The summed E-state index contributed by atoms with van der Waals surface area (Å²) in [6.07, 6.45) is 0.777. The van der Waals surface area contributed by atoms with E-state index >= 15 is 0 Å². The average molecular weight is 417 g/mol. The third-order valence-electron chi connectivity index (χ3n) is 5.22. The molecule has 29 heavy (non-hydrogen) atoms. The highest BCUT2D eigenvalue weighted by Gasteiger charge is 2.34. The van der Waals surface area contributed by atoms with Gasteiger partial charge >= 0.3 is 0 Å². The number of nitrogens with zero attached hydrogens (tertiary/aromatic N) is 2. The number of hydrogen-bond acceptors (Lipinski definition) is 4. The predicted molar refractivity (Wildman–Crippen MR) is 114 cm³/mol. The number of carbonyl (C=O) groups excluding carboxylic acids is 1. The van der Waals surface area contributed by atoms with Crippen molar-refractivity contribution in [3.05, 3.63) is 53.6 Å². The van der Waals surface area contributed by atoms with Gasteiger partial charge in [-0.3, -0.25) is 4.79 Å². The van der Waals surface area contributed by atoms with Gasteiger partial charge in [0.2, 0.25) is 15.9 Å². The molecule has 0 spiro atoms. The molecule has 0 fully saturated rings. The Balaban J connectivity index is 1.84. The molecule has 0 aliphatic carbocycles. The van der Waals surface area contributed by atoms with Gasteiger partial charge in [-0.2, -0.15) is 4.31 Å². The molecule has 0 saturated carbocycles. The van der Waals surface area contributed by atoms with E-state index in [0.29, 0.717) is 12.4 Å². The number of para-hydroxylation sites is 1. The van der Waals surface area contributed by atoms with Crippen LogP contribution in [0.25, 0.3) is 0 Å². The Morgan fingerprint density at radius 2 is 1.93 bits per heavy atom. The van der Waals surface area contributed by atoms with Crippen molar-refractivity contribution in [1.82, 2.24) is 4.31 Å². The van der Waals surface area contributed by atoms with Crippen LogP contribution < -0.4 is 9.64 Å². The maximum Gasteiger partial charge on any atom is 0.243 e. The fraction of sp³-hybridized carbons (Fsp3) is 0.409. The van der Waals surface area contributed by atoms with E-state index in [0.717, 1.165) is 23.2 Å². The molecule has 0 aromatic heterocycles. The Labute approximate surface area is 173 Å². The lowest BCUT2D eigenvalue weighted by Crippen LogP contribution is -2.45. The Kier molecular flexibility index (Phi) is 6.29. The van der Waals surface area contributed by atoms with E-state index in [1.165, 1.54) is 10.4 Å². The van der Waals surface area contributed by atoms with Crippen LogP contribution in [0.2, 0.25) is 0 Å². The monoisotopic (exact) mass is 416 g/mol. The van der Waals surface area contributed by atoms with Gasteiger partial charge in [-0.15, -0.1) is 0 Å². The molecule has 0 unspecified atom stereocenters.